The van der Waals surface area contributed by atoms with Crippen molar-refractivity contribution in [2.75, 3.05) is 0 Å². The molecule has 1 saturated carbocycles. The molecule has 1 N–H and O–H groups in total. The molecule has 2 aromatic rings. The first-order chi connectivity index (χ1) is 13.5. The number of benzene rings is 1. The van der Waals surface area contributed by atoms with E-state index in [4.69, 9.17) is 23.2 Å². The first-order valence-corrected chi connectivity index (χ1v) is 10.2. The van der Waals surface area contributed by atoms with E-state index >= 15 is 0 Å². The monoisotopic (exact) mass is 443 g/mol. The lowest BCUT2D eigenvalue weighted by atomic mass is 9.82. The van der Waals surface area contributed by atoms with Crippen molar-refractivity contribution in [1.29, 1.82) is 0 Å². The summed E-state index contributed by atoms with van der Waals surface area (Å²) in [6.45, 7) is 4.82. The minimum Gasteiger partial charge on any atom is -0.389 e. The topological polar surface area (TPSA) is 50.2 Å². The summed E-state index contributed by atoms with van der Waals surface area (Å²) in [6.07, 6.45) is 5.58. The van der Waals surface area contributed by atoms with Crippen LogP contribution in [0.15, 0.2) is 30.5 Å². The van der Waals surface area contributed by atoms with E-state index in [0.717, 1.165) is 54.1 Å². The van der Waals surface area contributed by atoms with Crippen molar-refractivity contribution in [2.24, 2.45) is 0 Å². The minimum absolute atomic E-state index is 0.166. The Hall–Kier alpha value is -1.56. The van der Waals surface area contributed by atoms with Gasteiger partial charge in [-0.05, 0) is 43.0 Å². The molecule has 0 aliphatic heterocycles. The number of halogens is 4. The molecule has 3 nitrogen and oxygen atoms in total. The summed E-state index contributed by atoms with van der Waals surface area (Å²) in [5.74, 6) is -2.88. The molecule has 1 heterocycles. The van der Waals surface area contributed by atoms with Gasteiger partial charge in [-0.15, -0.1) is 0 Å². The largest absolute Gasteiger partial charge is 0.389 e. The molecule has 1 aliphatic carbocycles. The molecular formula is C22H25Cl2F2NO2. The second-order valence-electron chi connectivity index (χ2n) is 7.60. The van der Waals surface area contributed by atoms with Gasteiger partial charge in [0.2, 0.25) is 0 Å². The van der Waals surface area contributed by atoms with Gasteiger partial charge < -0.3 is 5.11 Å². The van der Waals surface area contributed by atoms with Gasteiger partial charge in [-0.3, -0.25) is 9.78 Å². The summed E-state index contributed by atoms with van der Waals surface area (Å²) in [4.78, 5) is 13.9. The van der Waals surface area contributed by atoms with Crippen LogP contribution in [0, 0.1) is 6.92 Å². The quantitative estimate of drug-likeness (QED) is 0.533. The van der Waals surface area contributed by atoms with Crippen molar-refractivity contribution < 1.29 is 18.7 Å². The SMILES string of the molecule is CC(F)(F)c1ccnc(C=O)c1Cl.Cc1ccc(C(C)C2(O)CCCC2)cc1Cl. The Labute approximate surface area is 180 Å². The molecule has 3 rings (SSSR count). The number of hydrogen-bond donors (Lipinski definition) is 1. The van der Waals surface area contributed by atoms with E-state index in [1.165, 1.54) is 0 Å². The highest BCUT2D eigenvalue weighted by Crippen LogP contribution is 2.41. The standard InChI is InChI=1S/C14H19ClO.C8H6ClF2NO/c1-10-5-6-12(9-13(10)15)11(2)14(16)7-3-4-8-14;1-8(10,11)5-2-3-12-6(4-13)7(5)9/h5-6,9,11,16H,3-4,7-8H2,1-2H3;2-4H,1H3. The van der Waals surface area contributed by atoms with E-state index < -0.39 is 11.5 Å². The highest BCUT2D eigenvalue weighted by Gasteiger charge is 2.37. The minimum atomic E-state index is -3.06. The van der Waals surface area contributed by atoms with Crippen molar-refractivity contribution in [3.63, 3.8) is 0 Å². The Balaban J connectivity index is 0.000000212. The average Bonchev–Trinajstić information content (AvgIpc) is 3.11. The van der Waals surface area contributed by atoms with Crippen molar-refractivity contribution in [2.45, 2.75) is 63.9 Å². The van der Waals surface area contributed by atoms with Crippen molar-refractivity contribution >= 4 is 29.5 Å². The number of aromatic nitrogens is 1. The van der Waals surface area contributed by atoms with Crippen LogP contribution in [0.3, 0.4) is 0 Å². The lowest BCUT2D eigenvalue weighted by Gasteiger charge is -2.30. The summed E-state index contributed by atoms with van der Waals surface area (Å²) in [7, 11) is 0. The van der Waals surface area contributed by atoms with E-state index in [9.17, 15) is 18.7 Å². The van der Waals surface area contributed by atoms with Crippen LogP contribution in [0.5, 0.6) is 0 Å². The zero-order valence-corrected chi connectivity index (χ0v) is 18.2. The van der Waals surface area contributed by atoms with Gasteiger partial charge >= 0.3 is 0 Å². The lowest BCUT2D eigenvalue weighted by molar-refractivity contribution is 0.0174. The molecule has 7 heteroatoms. The molecular weight excluding hydrogens is 419 g/mol. The maximum atomic E-state index is 12.8. The summed E-state index contributed by atoms with van der Waals surface area (Å²) in [6, 6.07) is 7.21. The van der Waals surface area contributed by atoms with E-state index in [2.05, 4.69) is 18.0 Å². The smallest absolute Gasteiger partial charge is 0.272 e. The van der Waals surface area contributed by atoms with Crippen LogP contribution in [-0.4, -0.2) is 22.0 Å². The molecule has 1 aromatic heterocycles. The molecule has 1 atom stereocenters. The number of aliphatic hydroxyl groups is 1. The molecule has 0 saturated heterocycles. The Morgan fingerprint density at radius 2 is 1.86 bits per heavy atom. The zero-order valence-electron chi connectivity index (χ0n) is 16.7. The predicted octanol–water partition coefficient (Wildman–Crippen LogP) is 6.72. The Bertz CT molecular complexity index is 862. The third kappa shape index (κ3) is 5.74. The molecule has 1 unspecified atom stereocenters. The second kappa shape index (κ2) is 9.50. The number of hydrogen-bond acceptors (Lipinski definition) is 3. The number of alkyl halides is 2. The maximum Gasteiger partial charge on any atom is 0.272 e. The van der Waals surface area contributed by atoms with Crippen LogP contribution in [0.2, 0.25) is 10.0 Å². The first-order valence-electron chi connectivity index (χ1n) is 9.46. The number of nitrogens with zero attached hydrogens (tertiary/aromatic N) is 1. The molecule has 0 bridgehead atoms. The van der Waals surface area contributed by atoms with Crippen LogP contribution < -0.4 is 0 Å². The van der Waals surface area contributed by atoms with E-state index in [0.29, 0.717) is 13.2 Å². The van der Waals surface area contributed by atoms with Crippen LogP contribution in [0.25, 0.3) is 0 Å². The van der Waals surface area contributed by atoms with Gasteiger partial charge in [0, 0.05) is 29.6 Å². The third-order valence-corrected chi connectivity index (χ3v) is 6.28. The predicted molar refractivity (Wildman–Crippen MR) is 112 cm³/mol. The van der Waals surface area contributed by atoms with E-state index in [1.807, 2.05) is 19.1 Å². The van der Waals surface area contributed by atoms with Gasteiger partial charge in [-0.2, -0.15) is 0 Å². The number of aryl methyl sites for hydroxylation is 1. The van der Waals surface area contributed by atoms with Crippen LogP contribution >= 0.6 is 23.2 Å². The molecule has 29 heavy (non-hydrogen) atoms. The van der Waals surface area contributed by atoms with Crippen molar-refractivity contribution in [1.82, 2.24) is 4.98 Å². The lowest BCUT2D eigenvalue weighted by Crippen LogP contribution is -2.31. The molecule has 0 spiro atoms. The van der Waals surface area contributed by atoms with Gasteiger partial charge in [0.15, 0.2) is 6.29 Å². The number of rotatable bonds is 4. The highest BCUT2D eigenvalue weighted by molar-refractivity contribution is 6.33. The van der Waals surface area contributed by atoms with Crippen LogP contribution in [0.1, 0.15) is 72.6 Å². The molecule has 1 aliphatic rings. The Kier molecular flexibility index (Phi) is 7.77. The number of aldehydes is 1. The summed E-state index contributed by atoms with van der Waals surface area (Å²) < 4.78 is 25.6. The fraction of sp³-hybridized carbons (Fsp3) is 0.455. The zero-order chi connectivity index (χ0) is 21.8. The van der Waals surface area contributed by atoms with Gasteiger partial charge in [0.05, 0.1) is 10.6 Å². The van der Waals surface area contributed by atoms with Crippen molar-refractivity contribution in [3.8, 4) is 0 Å². The van der Waals surface area contributed by atoms with Gasteiger partial charge in [0.25, 0.3) is 5.92 Å². The highest BCUT2D eigenvalue weighted by atomic mass is 35.5. The molecule has 1 fully saturated rings. The van der Waals surface area contributed by atoms with Crippen LogP contribution in [-0.2, 0) is 5.92 Å². The number of carbonyl (C=O) groups is 1. The van der Waals surface area contributed by atoms with E-state index in [-0.39, 0.29) is 22.2 Å². The first kappa shape index (κ1) is 23.7. The van der Waals surface area contributed by atoms with Crippen LogP contribution in [0.4, 0.5) is 8.78 Å². The second-order valence-corrected chi connectivity index (χ2v) is 8.39. The molecule has 0 radical (unpaired) electrons. The van der Waals surface area contributed by atoms with E-state index in [1.54, 1.807) is 0 Å². The molecule has 158 valence electrons. The van der Waals surface area contributed by atoms with Gasteiger partial charge in [-0.25, -0.2) is 8.78 Å². The Morgan fingerprint density at radius 1 is 1.24 bits per heavy atom. The number of pyridine rings is 1. The summed E-state index contributed by atoms with van der Waals surface area (Å²) >= 11 is 11.6. The van der Waals surface area contributed by atoms with Crippen molar-refractivity contribution in [3.05, 3.63) is 62.9 Å². The summed E-state index contributed by atoms with van der Waals surface area (Å²) in [5.41, 5.74) is 1.18. The summed E-state index contributed by atoms with van der Waals surface area (Å²) in [5, 5.41) is 11.0. The molecule has 1 aromatic carbocycles. The fourth-order valence-electron chi connectivity index (χ4n) is 3.49. The van der Waals surface area contributed by atoms with Gasteiger partial charge in [0.1, 0.15) is 5.69 Å². The van der Waals surface area contributed by atoms with Gasteiger partial charge in [-0.1, -0.05) is 55.1 Å². The number of carbonyl (C=O) groups excluding carboxylic acids is 1. The third-order valence-electron chi connectivity index (χ3n) is 5.47. The Morgan fingerprint density at radius 3 is 2.38 bits per heavy atom. The molecule has 0 amide bonds. The fourth-order valence-corrected chi connectivity index (χ4v) is 4.00. The normalized spacial score (nSPS) is 16.7. The average molecular weight is 444 g/mol. The maximum absolute atomic E-state index is 12.8.